The summed E-state index contributed by atoms with van der Waals surface area (Å²) in [5.41, 5.74) is 5.92. The van der Waals surface area contributed by atoms with Crippen molar-refractivity contribution < 1.29 is 4.79 Å². The highest BCUT2D eigenvalue weighted by Gasteiger charge is 2.33. The first kappa shape index (κ1) is 13.4. The van der Waals surface area contributed by atoms with Crippen LogP contribution in [0.25, 0.3) is 0 Å². The third-order valence-electron chi connectivity index (χ3n) is 5.29. The zero-order valence-electron chi connectivity index (χ0n) is 11.9. The molecular weight excluding hydrogens is 238 g/mol. The lowest BCUT2D eigenvalue weighted by molar-refractivity contribution is -0.137. The Morgan fingerprint density at radius 1 is 0.947 bits per heavy atom. The molecule has 0 bridgehead atoms. The van der Waals surface area contributed by atoms with Gasteiger partial charge in [-0.1, -0.05) is 12.8 Å². The fourth-order valence-electron chi connectivity index (χ4n) is 4.08. The molecular formula is C15H27N3O. The van der Waals surface area contributed by atoms with Gasteiger partial charge in [-0.15, -0.1) is 0 Å². The molecule has 3 fully saturated rings. The van der Waals surface area contributed by atoms with Gasteiger partial charge in [0.1, 0.15) is 0 Å². The molecule has 2 N–H and O–H groups in total. The zero-order valence-corrected chi connectivity index (χ0v) is 11.9. The minimum atomic E-state index is 0.216. The largest absolute Gasteiger partial charge is 0.340 e. The number of piperazine rings is 1. The van der Waals surface area contributed by atoms with Gasteiger partial charge in [-0.25, -0.2) is 0 Å². The Bertz CT molecular complexity index is 319. The zero-order chi connectivity index (χ0) is 13.2. The molecule has 2 saturated carbocycles. The maximum Gasteiger partial charge on any atom is 0.225 e. The van der Waals surface area contributed by atoms with Crippen LogP contribution in [0, 0.1) is 5.92 Å². The summed E-state index contributed by atoms with van der Waals surface area (Å²) in [5, 5.41) is 0. The highest BCUT2D eigenvalue weighted by Crippen LogP contribution is 2.28. The van der Waals surface area contributed by atoms with Crippen LogP contribution in [0.3, 0.4) is 0 Å². The van der Waals surface area contributed by atoms with Gasteiger partial charge in [-0.3, -0.25) is 9.69 Å². The van der Waals surface area contributed by atoms with Crippen LogP contribution >= 0.6 is 0 Å². The summed E-state index contributed by atoms with van der Waals surface area (Å²) in [4.78, 5) is 17.1. The van der Waals surface area contributed by atoms with E-state index in [1.807, 2.05) is 0 Å². The van der Waals surface area contributed by atoms with Crippen LogP contribution in [0.1, 0.15) is 44.9 Å². The summed E-state index contributed by atoms with van der Waals surface area (Å²) in [6.07, 6.45) is 8.45. The molecule has 1 aliphatic heterocycles. The predicted molar refractivity (Wildman–Crippen MR) is 75.7 cm³/mol. The Balaban J connectivity index is 1.48. The van der Waals surface area contributed by atoms with Gasteiger partial charge in [0.05, 0.1) is 0 Å². The molecule has 2 atom stereocenters. The summed E-state index contributed by atoms with van der Waals surface area (Å²) in [6.45, 7) is 4.02. The molecule has 4 heteroatoms. The Kier molecular flexibility index (Phi) is 4.08. The minimum absolute atomic E-state index is 0.216. The summed E-state index contributed by atoms with van der Waals surface area (Å²) < 4.78 is 0. The Hall–Kier alpha value is -0.610. The number of rotatable bonds is 2. The van der Waals surface area contributed by atoms with Crippen molar-refractivity contribution >= 4 is 5.91 Å². The monoisotopic (exact) mass is 265 g/mol. The Morgan fingerprint density at radius 2 is 1.63 bits per heavy atom. The summed E-state index contributed by atoms with van der Waals surface area (Å²) in [7, 11) is 0. The van der Waals surface area contributed by atoms with Crippen LogP contribution in [0.2, 0.25) is 0 Å². The highest BCUT2D eigenvalue weighted by molar-refractivity contribution is 5.79. The van der Waals surface area contributed by atoms with E-state index in [4.69, 9.17) is 5.73 Å². The molecule has 0 radical (unpaired) electrons. The molecule has 0 aromatic rings. The average Bonchev–Trinajstić information content (AvgIpc) is 3.09. The van der Waals surface area contributed by atoms with Crippen LogP contribution in [-0.4, -0.2) is 54.0 Å². The van der Waals surface area contributed by atoms with Gasteiger partial charge < -0.3 is 10.6 Å². The van der Waals surface area contributed by atoms with Crippen molar-refractivity contribution in [2.24, 2.45) is 11.7 Å². The minimum Gasteiger partial charge on any atom is -0.340 e. The summed E-state index contributed by atoms with van der Waals surface area (Å²) >= 11 is 0. The lowest BCUT2D eigenvalue weighted by atomic mass is 10.1. The van der Waals surface area contributed by atoms with Gasteiger partial charge in [0, 0.05) is 44.2 Å². The first-order valence-corrected chi connectivity index (χ1v) is 8.02. The number of hydrogen-bond donors (Lipinski definition) is 1. The van der Waals surface area contributed by atoms with E-state index in [2.05, 4.69) is 9.80 Å². The third-order valence-corrected chi connectivity index (χ3v) is 5.29. The fraction of sp³-hybridized carbons (Fsp3) is 0.933. The molecule has 2 unspecified atom stereocenters. The second kappa shape index (κ2) is 5.80. The number of nitrogens with zero attached hydrogens (tertiary/aromatic N) is 2. The van der Waals surface area contributed by atoms with Crippen molar-refractivity contribution in [3.63, 3.8) is 0 Å². The van der Waals surface area contributed by atoms with Crippen molar-refractivity contribution in [1.29, 1.82) is 0 Å². The smallest absolute Gasteiger partial charge is 0.225 e. The first-order chi connectivity index (χ1) is 9.24. The summed E-state index contributed by atoms with van der Waals surface area (Å²) in [6, 6.07) is 1.06. The number of amides is 1. The molecule has 108 valence electrons. The topological polar surface area (TPSA) is 49.6 Å². The number of carbonyl (C=O) groups excluding carboxylic acids is 1. The third kappa shape index (κ3) is 2.95. The molecule has 0 aromatic carbocycles. The quantitative estimate of drug-likeness (QED) is 0.816. The number of hydrogen-bond acceptors (Lipinski definition) is 3. The van der Waals surface area contributed by atoms with Gasteiger partial charge in [0.2, 0.25) is 5.91 Å². The molecule has 0 aromatic heterocycles. The van der Waals surface area contributed by atoms with Crippen molar-refractivity contribution in [2.45, 2.75) is 57.0 Å². The Morgan fingerprint density at radius 3 is 2.21 bits per heavy atom. The van der Waals surface area contributed by atoms with Crippen molar-refractivity contribution in [2.75, 3.05) is 26.2 Å². The second-order valence-corrected chi connectivity index (χ2v) is 6.57. The Labute approximate surface area is 116 Å². The second-order valence-electron chi connectivity index (χ2n) is 6.57. The molecule has 3 rings (SSSR count). The van der Waals surface area contributed by atoms with E-state index >= 15 is 0 Å². The normalized spacial score (nSPS) is 34.1. The van der Waals surface area contributed by atoms with Crippen LogP contribution in [-0.2, 0) is 4.79 Å². The van der Waals surface area contributed by atoms with E-state index in [1.165, 1.54) is 25.7 Å². The molecule has 1 saturated heterocycles. The molecule has 4 nitrogen and oxygen atoms in total. The van der Waals surface area contributed by atoms with Crippen LogP contribution in [0.5, 0.6) is 0 Å². The van der Waals surface area contributed by atoms with E-state index in [0.717, 1.165) is 51.5 Å². The predicted octanol–water partition coefficient (Wildman–Crippen LogP) is 1.20. The maximum atomic E-state index is 12.4. The van der Waals surface area contributed by atoms with E-state index in [1.54, 1.807) is 0 Å². The van der Waals surface area contributed by atoms with E-state index in [9.17, 15) is 4.79 Å². The van der Waals surface area contributed by atoms with Crippen LogP contribution in [0.4, 0.5) is 0 Å². The lowest BCUT2D eigenvalue weighted by Gasteiger charge is -2.39. The molecule has 1 heterocycles. The average molecular weight is 265 g/mol. The van der Waals surface area contributed by atoms with Crippen molar-refractivity contribution in [3.8, 4) is 0 Å². The van der Waals surface area contributed by atoms with Crippen LogP contribution in [0.15, 0.2) is 0 Å². The van der Waals surface area contributed by atoms with Crippen LogP contribution < -0.4 is 5.73 Å². The van der Waals surface area contributed by atoms with E-state index in [-0.39, 0.29) is 12.0 Å². The molecule has 1 amide bonds. The first-order valence-electron chi connectivity index (χ1n) is 8.02. The maximum absolute atomic E-state index is 12.4. The molecule has 19 heavy (non-hydrogen) atoms. The van der Waals surface area contributed by atoms with Gasteiger partial charge in [-0.2, -0.15) is 0 Å². The molecule has 2 aliphatic carbocycles. The summed E-state index contributed by atoms with van der Waals surface area (Å²) in [5.74, 6) is 0.590. The van der Waals surface area contributed by atoms with Gasteiger partial charge in [-0.05, 0) is 32.1 Å². The standard InChI is InChI=1S/C15H27N3O/c16-13-6-5-12(11-13)15(19)18-9-7-17(8-10-18)14-3-1-2-4-14/h12-14H,1-11,16H2. The van der Waals surface area contributed by atoms with Gasteiger partial charge in [0.15, 0.2) is 0 Å². The lowest BCUT2D eigenvalue weighted by Crippen LogP contribution is -2.52. The van der Waals surface area contributed by atoms with E-state index < -0.39 is 0 Å². The van der Waals surface area contributed by atoms with Crippen molar-refractivity contribution in [1.82, 2.24) is 9.80 Å². The number of nitrogens with two attached hydrogens (primary N) is 1. The van der Waals surface area contributed by atoms with Gasteiger partial charge in [0.25, 0.3) is 0 Å². The molecule has 0 spiro atoms. The molecule has 3 aliphatic rings. The van der Waals surface area contributed by atoms with Gasteiger partial charge >= 0.3 is 0 Å². The number of carbonyl (C=O) groups is 1. The van der Waals surface area contributed by atoms with Crippen molar-refractivity contribution in [3.05, 3.63) is 0 Å². The SMILES string of the molecule is NC1CCC(C(=O)N2CCN(C3CCCC3)CC2)C1. The fourth-order valence-corrected chi connectivity index (χ4v) is 4.08. The highest BCUT2D eigenvalue weighted by atomic mass is 16.2. The van der Waals surface area contributed by atoms with E-state index in [0.29, 0.717) is 5.91 Å².